The lowest BCUT2D eigenvalue weighted by Crippen LogP contribution is -2.26. The highest BCUT2D eigenvalue weighted by Crippen LogP contribution is 2.24. The molecule has 0 atom stereocenters. The van der Waals surface area contributed by atoms with Gasteiger partial charge < -0.3 is 9.72 Å². The van der Waals surface area contributed by atoms with Gasteiger partial charge in [-0.2, -0.15) is 0 Å². The Morgan fingerprint density at radius 3 is 2.48 bits per heavy atom. The Bertz CT molecular complexity index is 944. The largest absolute Gasteiger partial charge is 0.492 e. The number of aromatic amines is 1. The van der Waals surface area contributed by atoms with Crippen LogP contribution in [0.2, 0.25) is 0 Å². The van der Waals surface area contributed by atoms with E-state index in [1.165, 1.54) is 5.56 Å². The van der Waals surface area contributed by atoms with Gasteiger partial charge in [-0.3, -0.25) is 9.36 Å². The van der Waals surface area contributed by atoms with Crippen LogP contribution in [0.15, 0.2) is 35.1 Å². The average molecular weight is 339 g/mol. The third-order valence-corrected chi connectivity index (χ3v) is 4.38. The van der Waals surface area contributed by atoms with Crippen LogP contribution >= 0.6 is 0 Å². The van der Waals surface area contributed by atoms with E-state index in [4.69, 9.17) is 4.74 Å². The van der Waals surface area contributed by atoms with E-state index in [0.29, 0.717) is 30.0 Å². The molecule has 3 rings (SSSR count). The zero-order chi connectivity index (χ0) is 18.2. The predicted molar refractivity (Wildman–Crippen MR) is 100 cm³/mol. The topological polar surface area (TPSA) is 59.9 Å². The summed E-state index contributed by atoms with van der Waals surface area (Å²) in [5.41, 5.74) is 2.95. The first-order valence-corrected chi connectivity index (χ1v) is 8.56. The second kappa shape index (κ2) is 6.39. The highest BCUT2D eigenvalue weighted by Gasteiger charge is 2.13. The van der Waals surface area contributed by atoms with Gasteiger partial charge in [0.1, 0.15) is 23.8 Å². The molecule has 1 N–H and O–H groups in total. The lowest BCUT2D eigenvalue weighted by atomic mass is 9.87. The Kier molecular flexibility index (Phi) is 4.41. The van der Waals surface area contributed by atoms with Gasteiger partial charge in [-0.25, -0.2) is 4.98 Å². The maximum atomic E-state index is 12.6. The number of ether oxygens (including phenoxy) is 1. The summed E-state index contributed by atoms with van der Waals surface area (Å²) in [6.07, 6.45) is 0. The minimum absolute atomic E-state index is 0.0291. The van der Waals surface area contributed by atoms with Crippen LogP contribution in [-0.4, -0.2) is 21.1 Å². The van der Waals surface area contributed by atoms with Crippen LogP contribution in [0.5, 0.6) is 5.75 Å². The summed E-state index contributed by atoms with van der Waals surface area (Å²) in [5, 5.41) is 0.623. The molecule has 25 heavy (non-hydrogen) atoms. The van der Waals surface area contributed by atoms with Crippen LogP contribution in [-0.2, 0) is 12.0 Å². The van der Waals surface area contributed by atoms with Crippen LogP contribution in [0.1, 0.15) is 37.9 Å². The quantitative estimate of drug-likeness (QED) is 0.788. The maximum Gasteiger partial charge on any atom is 0.263 e. The van der Waals surface area contributed by atoms with Crippen LogP contribution < -0.4 is 10.3 Å². The molecule has 0 saturated heterocycles. The molecule has 0 radical (unpaired) electrons. The second-order valence-corrected chi connectivity index (χ2v) is 7.45. The number of H-pyrrole nitrogens is 1. The van der Waals surface area contributed by atoms with Gasteiger partial charge in [-0.05, 0) is 43.0 Å². The van der Waals surface area contributed by atoms with Crippen molar-refractivity contribution in [1.29, 1.82) is 0 Å². The summed E-state index contributed by atoms with van der Waals surface area (Å²) in [7, 11) is 0. The number of benzene rings is 1. The molecule has 0 bridgehead atoms. The molecule has 2 heterocycles. The molecule has 3 aromatic rings. The lowest BCUT2D eigenvalue weighted by molar-refractivity contribution is 0.294. The van der Waals surface area contributed by atoms with Gasteiger partial charge in [0.25, 0.3) is 5.56 Å². The van der Waals surface area contributed by atoms with Crippen LogP contribution in [0, 0.1) is 13.8 Å². The molecule has 0 saturated carbocycles. The fraction of sp³-hybridized carbons (Fsp3) is 0.400. The van der Waals surface area contributed by atoms with Crippen molar-refractivity contribution in [3.63, 3.8) is 0 Å². The molecule has 132 valence electrons. The molecule has 0 amide bonds. The number of aryl methyl sites for hydroxylation is 2. The summed E-state index contributed by atoms with van der Waals surface area (Å²) in [6.45, 7) is 11.2. The zero-order valence-corrected chi connectivity index (χ0v) is 15.5. The number of nitrogens with one attached hydrogen (secondary N) is 1. The van der Waals surface area contributed by atoms with Crippen molar-refractivity contribution in [2.45, 2.75) is 46.6 Å². The minimum atomic E-state index is -0.0291. The molecule has 0 fully saturated rings. The highest BCUT2D eigenvalue weighted by molar-refractivity contribution is 5.75. The van der Waals surface area contributed by atoms with Gasteiger partial charge in [0.05, 0.1) is 11.9 Å². The first kappa shape index (κ1) is 17.3. The van der Waals surface area contributed by atoms with Gasteiger partial charge >= 0.3 is 0 Å². The number of fused-ring (bicyclic) bond motifs is 1. The number of nitrogens with zero attached hydrogens (tertiary/aromatic N) is 2. The van der Waals surface area contributed by atoms with Gasteiger partial charge in [-0.15, -0.1) is 0 Å². The van der Waals surface area contributed by atoms with Gasteiger partial charge in [0.2, 0.25) is 0 Å². The summed E-state index contributed by atoms with van der Waals surface area (Å²) in [5.74, 6) is 1.50. The van der Waals surface area contributed by atoms with Crippen molar-refractivity contribution < 1.29 is 4.74 Å². The first-order chi connectivity index (χ1) is 11.8. The average Bonchev–Trinajstić information content (AvgIpc) is 2.90. The van der Waals surface area contributed by atoms with Gasteiger partial charge in [0.15, 0.2) is 0 Å². The second-order valence-electron chi connectivity index (χ2n) is 7.45. The highest BCUT2D eigenvalue weighted by atomic mass is 16.5. The van der Waals surface area contributed by atoms with Crippen LogP contribution in [0.25, 0.3) is 11.0 Å². The molecule has 5 nitrogen and oxygen atoms in total. The SMILES string of the molecule is Cc1cc2c(=O)n(CCOc3ccc(C(C)(C)C)cc3)c(C)nc2[nH]1. The Hall–Kier alpha value is -2.56. The summed E-state index contributed by atoms with van der Waals surface area (Å²) in [6, 6.07) is 9.97. The van der Waals surface area contributed by atoms with E-state index in [1.54, 1.807) is 4.57 Å². The van der Waals surface area contributed by atoms with E-state index < -0.39 is 0 Å². The van der Waals surface area contributed by atoms with Crippen molar-refractivity contribution in [2.75, 3.05) is 6.61 Å². The third kappa shape index (κ3) is 3.60. The Morgan fingerprint density at radius 2 is 1.84 bits per heavy atom. The molecule has 0 aliphatic carbocycles. The van der Waals surface area contributed by atoms with Crippen molar-refractivity contribution in [3.8, 4) is 5.75 Å². The Balaban J connectivity index is 1.72. The first-order valence-electron chi connectivity index (χ1n) is 8.56. The van der Waals surface area contributed by atoms with Crippen molar-refractivity contribution in [2.24, 2.45) is 0 Å². The molecule has 5 heteroatoms. The third-order valence-electron chi connectivity index (χ3n) is 4.38. The minimum Gasteiger partial charge on any atom is -0.492 e. The lowest BCUT2D eigenvalue weighted by Gasteiger charge is -2.19. The maximum absolute atomic E-state index is 12.6. The molecule has 1 aromatic carbocycles. The molecule has 2 aromatic heterocycles. The van der Waals surface area contributed by atoms with E-state index in [9.17, 15) is 4.79 Å². The molecule has 0 aliphatic rings. The van der Waals surface area contributed by atoms with Crippen LogP contribution in [0.3, 0.4) is 0 Å². The Morgan fingerprint density at radius 1 is 1.16 bits per heavy atom. The van der Waals surface area contributed by atoms with E-state index in [2.05, 4.69) is 42.9 Å². The van der Waals surface area contributed by atoms with E-state index in [0.717, 1.165) is 11.4 Å². The fourth-order valence-corrected chi connectivity index (χ4v) is 2.91. The predicted octanol–water partition coefficient (Wildman–Crippen LogP) is 3.72. The number of hydrogen-bond donors (Lipinski definition) is 1. The molecule has 0 spiro atoms. The van der Waals surface area contributed by atoms with E-state index in [-0.39, 0.29) is 11.0 Å². The van der Waals surface area contributed by atoms with E-state index in [1.807, 2.05) is 32.0 Å². The summed E-state index contributed by atoms with van der Waals surface area (Å²) >= 11 is 0. The van der Waals surface area contributed by atoms with Crippen molar-refractivity contribution >= 4 is 11.0 Å². The van der Waals surface area contributed by atoms with Gasteiger partial charge in [0, 0.05) is 5.69 Å². The fourth-order valence-electron chi connectivity index (χ4n) is 2.91. The number of hydrogen-bond acceptors (Lipinski definition) is 3. The monoisotopic (exact) mass is 339 g/mol. The van der Waals surface area contributed by atoms with Crippen molar-refractivity contribution in [1.82, 2.24) is 14.5 Å². The zero-order valence-electron chi connectivity index (χ0n) is 15.5. The summed E-state index contributed by atoms with van der Waals surface area (Å²) < 4.78 is 7.48. The molecule has 0 unspecified atom stereocenters. The smallest absolute Gasteiger partial charge is 0.263 e. The number of rotatable bonds is 4. The summed E-state index contributed by atoms with van der Waals surface area (Å²) in [4.78, 5) is 20.2. The van der Waals surface area contributed by atoms with E-state index >= 15 is 0 Å². The number of aromatic nitrogens is 3. The van der Waals surface area contributed by atoms with Crippen molar-refractivity contribution in [3.05, 3.63) is 57.8 Å². The molecule has 0 aliphatic heterocycles. The Labute approximate surface area is 147 Å². The standard InChI is InChI=1S/C20H25N3O2/c1-13-12-17-18(21-13)22-14(2)23(19(17)24)10-11-25-16-8-6-15(7-9-16)20(3,4)5/h6-9,12,21H,10-11H2,1-5H3. The molecular weight excluding hydrogens is 314 g/mol. The van der Waals surface area contributed by atoms with Gasteiger partial charge in [-0.1, -0.05) is 32.9 Å². The normalized spacial score (nSPS) is 11.9. The van der Waals surface area contributed by atoms with Crippen LogP contribution in [0.4, 0.5) is 0 Å². The molecular formula is C20H25N3O2.